The van der Waals surface area contributed by atoms with Crippen molar-refractivity contribution in [2.75, 3.05) is 0 Å². The molecule has 10 nitrogen and oxygen atoms in total. The van der Waals surface area contributed by atoms with E-state index in [1.165, 1.54) is 0 Å². The maximum Gasteiger partial charge on any atom is 1.00 e. The third kappa shape index (κ3) is 1010. The molecule has 0 rings (SSSR count). The molecule has 0 amide bonds. The Balaban J connectivity index is -0.00000000178. The number of rotatable bonds is 0. The van der Waals surface area contributed by atoms with Gasteiger partial charge in [0.05, 0.1) is 0 Å². The summed E-state index contributed by atoms with van der Waals surface area (Å²) in [6.45, 7) is 0. The fourth-order valence-corrected chi connectivity index (χ4v) is 0. The molecule has 0 aromatic heterocycles. The average Bonchev–Trinajstić information content (AvgIpc) is 0.722. The Labute approximate surface area is 128 Å². The predicted molar refractivity (Wildman–Crippen MR) is 22.1 cm³/mol. The summed E-state index contributed by atoms with van der Waals surface area (Å²) >= 11 is 0. The van der Waals surface area contributed by atoms with Gasteiger partial charge < -0.3 is 42.0 Å². The molecule has 0 fully saturated rings. The van der Waals surface area contributed by atoms with E-state index in [0.29, 0.717) is 0 Å². The van der Waals surface area contributed by atoms with Crippen molar-refractivity contribution in [3.8, 4) is 0 Å². The van der Waals surface area contributed by atoms with Crippen LogP contribution in [0.5, 0.6) is 0 Å². The van der Waals surface area contributed by atoms with E-state index in [9.17, 15) is 0 Å². The minimum Gasteiger partial charge on any atom is -0.870 e. The van der Waals surface area contributed by atoms with Gasteiger partial charge in [-0.2, -0.15) is 0 Å². The van der Waals surface area contributed by atoms with Gasteiger partial charge in [-0.05, 0) is 0 Å². The molecule has 0 spiro atoms. The van der Waals surface area contributed by atoms with E-state index in [0.717, 1.165) is 0 Å². The molecule has 0 aliphatic carbocycles. The predicted octanol–water partition coefficient (Wildman–Crippen LogP) is -2.41. The summed E-state index contributed by atoms with van der Waals surface area (Å²) in [6.07, 6.45) is 0. The summed E-state index contributed by atoms with van der Waals surface area (Å²) in [4.78, 5) is 0. The van der Waals surface area contributed by atoms with Gasteiger partial charge in [0.25, 0.3) is 0 Å². The SMILES string of the molecule is O=S(=O)([O-])[O-].[Cu+].[Cu+].[Cu+].[Cu+].[OH-].[OH-].[OH-].[OH-].[OH-].[OH-]. The maximum atomic E-state index is 8.52. The molecule has 0 saturated carbocycles. The Morgan fingerprint density at radius 1 is 0.533 bits per heavy atom. The second-order valence-corrected chi connectivity index (χ2v) is 1.22. The van der Waals surface area contributed by atoms with Crippen LogP contribution >= 0.6 is 0 Å². The summed E-state index contributed by atoms with van der Waals surface area (Å²) < 4.78 is 34.1. The molecule has 15 heavy (non-hydrogen) atoms. The van der Waals surface area contributed by atoms with Crippen molar-refractivity contribution in [1.82, 2.24) is 0 Å². The zero-order valence-corrected chi connectivity index (χ0v) is 10.5. The van der Waals surface area contributed by atoms with Crippen molar-refractivity contribution >= 4 is 10.4 Å². The summed E-state index contributed by atoms with van der Waals surface area (Å²) in [6, 6.07) is 0. The smallest absolute Gasteiger partial charge is 0.870 e. The van der Waals surface area contributed by atoms with Crippen molar-refractivity contribution in [1.29, 1.82) is 0 Å². The molecule has 0 aliphatic rings. The third-order valence-electron chi connectivity index (χ3n) is 0. The Morgan fingerprint density at radius 3 is 0.533 bits per heavy atom. The molecule has 120 valence electrons. The molecule has 0 heterocycles. The van der Waals surface area contributed by atoms with E-state index in [2.05, 4.69) is 0 Å². The molecule has 0 unspecified atom stereocenters. The zero-order valence-electron chi connectivity index (χ0n) is 5.93. The van der Waals surface area contributed by atoms with Crippen LogP contribution in [0.25, 0.3) is 0 Å². The second-order valence-electron chi connectivity index (χ2n) is 0.408. The first-order chi connectivity index (χ1) is 2.00. The Bertz CT molecular complexity index is 101. The minimum absolute atomic E-state index is 0. The van der Waals surface area contributed by atoms with E-state index in [1.54, 1.807) is 0 Å². The normalized spacial score (nSPS) is 3.87. The van der Waals surface area contributed by atoms with Crippen LogP contribution in [-0.4, -0.2) is 50.4 Å². The second kappa shape index (κ2) is 57.2. The van der Waals surface area contributed by atoms with Gasteiger partial charge in [0.15, 0.2) is 0 Å². The van der Waals surface area contributed by atoms with Gasteiger partial charge in [0, 0.05) is 10.4 Å². The molecule has 0 aromatic rings. The first-order valence-electron chi connectivity index (χ1n) is 0.667. The average molecular weight is 452 g/mol. The summed E-state index contributed by atoms with van der Waals surface area (Å²) in [7, 11) is -5.17. The van der Waals surface area contributed by atoms with Crippen LogP contribution in [0, 0.1) is 0 Å². The molecule has 15 heteroatoms. The monoisotopic (exact) mass is 450 g/mol. The van der Waals surface area contributed by atoms with Crippen LogP contribution in [-0.2, 0) is 78.7 Å². The fraction of sp³-hybridized carbons (Fsp3) is 0. The van der Waals surface area contributed by atoms with Crippen LogP contribution in [0.2, 0.25) is 0 Å². The van der Waals surface area contributed by atoms with Crippen molar-refractivity contribution in [3.05, 3.63) is 0 Å². The summed E-state index contributed by atoms with van der Waals surface area (Å²) in [5.74, 6) is 0. The standard InChI is InChI=1S/4Cu.H2O4S.6H2O/c;;;;1-5(2,3)4;;;;;;/h;;;;(H2,1,2,3,4);6*1H2/q4*+1;;;;;;;/p-8. The third-order valence-corrected chi connectivity index (χ3v) is 0. The molecule has 0 saturated heterocycles. The van der Waals surface area contributed by atoms with Gasteiger partial charge in [-0.1, -0.05) is 0 Å². The minimum atomic E-state index is -5.17. The van der Waals surface area contributed by atoms with Crippen molar-refractivity contribution < 1.29 is 119 Å². The van der Waals surface area contributed by atoms with Gasteiger partial charge >= 0.3 is 68.3 Å². The Morgan fingerprint density at radius 2 is 0.533 bits per heavy atom. The first-order valence-corrected chi connectivity index (χ1v) is 2.00. The summed E-state index contributed by atoms with van der Waals surface area (Å²) in [5, 5.41) is 0. The maximum absolute atomic E-state index is 8.52. The van der Waals surface area contributed by atoms with Crippen LogP contribution in [0.1, 0.15) is 0 Å². The Kier molecular flexibility index (Phi) is 482. The number of hydrogen-bond donors (Lipinski definition) is 0. The van der Waals surface area contributed by atoms with Crippen molar-refractivity contribution in [3.63, 3.8) is 0 Å². The van der Waals surface area contributed by atoms with Crippen LogP contribution in [0.3, 0.4) is 0 Å². The van der Waals surface area contributed by atoms with Gasteiger partial charge in [-0.3, -0.25) is 8.42 Å². The van der Waals surface area contributed by atoms with E-state index < -0.39 is 10.4 Å². The molecular formula is H6Cu4O10S-4. The van der Waals surface area contributed by atoms with Crippen molar-refractivity contribution in [2.24, 2.45) is 0 Å². The molecule has 6 N–H and O–H groups in total. The zero-order chi connectivity index (χ0) is 4.50. The van der Waals surface area contributed by atoms with Gasteiger partial charge in [0.2, 0.25) is 0 Å². The van der Waals surface area contributed by atoms with Crippen LogP contribution < -0.4 is 0 Å². The molecule has 0 aliphatic heterocycles. The van der Waals surface area contributed by atoms with E-state index >= 15 is 0 Å². The van der Waals surface area contributed by atoms with E-state index in [-0.39, 0.29) is 101 Å². The van der Waals surface area contributed by atoms with Crippen LogP contribution in [0.15, 0.2) is 0 Å². The largest absolute Gasteiger partial charge is 1.00 e. The number of hydrogen-bond acceptors (Lipinski definition) is 10. The van der Waals surface area contributed by atoms with Crippen molar-refractivity contribution in [2.45, 2.75) is 0 Å². The molecule has 0 atom stereocenters. The molecule has 0 bridgehead atoms. The quantitative estimate of drug-likeness (QED) is 0.213. The molecular weight excluding hydrogens is 446 g/mol. The summed E-state index contributed by atoms with van der Waals surface area (Å²) in [5.41, 5.74) is 0. The first kappa shape index (κ1) is 127. The van der Waals surface area contributed by atoms with Gasteiger partial charge in [-0.15, -0.1) is 0 Å². The fourth-order valence-electron chi connectivity index (χ4n) is 0. The topological polar surface area (TPSA) is 260 Å². The van der Waals surface area contributed by atoms with E-state index in [1.807, 2.05) is 0 Å². The molecule has 0 radical (unpaired) electrons. The van der Waals surface area contributed by atoms with Crippen LogP contribution in [0.4, 0.5) is 0 Å². The van der Waals surface area contributed by atoms with Gasteiger partial charge in [0.1, 0.15) is 0 Å². The Hall–Kier alpha value is 1.71. The van der Waals surface area contributed by atoms with Gasteiger partial charge in [-0.25, -0.2) is 0 Å². The molecule has 0 aromatic carbocycles. The van der Waals surface area contributed by atoms with E-state index in [4.69, 9.17) is 17.5 Å².